The Morgan fingerprint density at radius 2 is 1.77 bits per heavy atom. The van der Waals surface area contributed by atoms with Gasteiger partial charge in [-0.05, 0) is 48.4 Å². The molecule has 112 valence electrons. The number of hydrogen-bond donors (Lipinski definition) is 1. The molecule has 3 rings (SSSR count). The Morgan fingerprint density at radius 3 is 2.41 bits per heavy atom. The van der Waals surface area contributed by atoms with Gasteiger partial charge in [-0.1, -0.05) is 24.2 Å². The number of hydrogen-bond acceptors (Lipinski definition) is 5. The van der Waals surface area contributed by atoms with Crippen LogP contribution in [0, 0.1) is 0 Å². The van der Waals surface area contributed by atoms with Crippen LogP contribution in [0.5, 0.6) is 5.75 Å². The molecule has 5 heteroatoms. The van der Waals surface area contributed by atoms with Crippen molar-refractivity contribution in [1.29, 1.82) is 0 Å². The molecule has 0 unspecified atom stereocenters. The highest BCUT2D eigenvalue weighted by Crippen LogP contribution is 2.22. The van der Waals surface area contributed by atoms with Crippen LogP contribution in [-0.4, -0.2) is 17.3 Å². The average Bonchev–Trinajstić information content (AvgIpc) is 3.04. The van der Waals surface area contributed by atoms with Gasteiger partial charge in [0.05, 0.1) is 7.11 Å². The first-order valence-corrected chi connectivity index (χ1v) is 7.12. The SMILES string of the molecule is CCc1ccc(Nc2nc(-c3ccc(OC)cc3)no2)cc1. The van der Waals surface area contributed by atoms with E-state index in [9.17, 15) is 0 Å². The Labute approximate surface area is 128 Å². The van der Waals surface area contributed by atoms with Crippen LogP contribution in [0.1, 0.15) is 12.5 Å². The molecule has 1 aromatic heterocycles. The van der Waals surface area contributed by atoms with Gasteiger partial charge in [-0.15, -0.1) is 0 Å². The molecule has 0 aliphatic heterocycles. The predicted octanol–water partition coefficient (Wildman–Crippen LogP) is 4.05. The van der Waals surface area contributed by atoms with Crippen molar-refractivity contribution in [2.75, 3.05) is 12.4 Å². The van der Waals surface area contributed by atoms with Crippen molar-refractivity contribution in [3.8, 4) is 17.1 Å². The highest BCUT2D eigenvalue weighted by molar-refractivity contribution is 5.59. The zero-order valence-corrected chi connectivity index (χ0v) is 12.5. The summed E-state index contributed by atoms with van der Waals surface area (Å²) in [5.74, 6) is 1.33. The van der Waals surface area contributed by atoms with E-state index in [1.807, 2.05) is 36.4 Å². The molecule has 0 aliphatic carbocycles. The topological polar surface area (TPSA) is 60.2 Å². The van der Waals surface area contributed by atoms with E-state index in [2.05, 4.69) is 34.5 Å². The van der Waals surface area contributed by atoms with E-state index in [1.54, 1.807) is 7.11 Å². The Kier molecular flexibility index (Phi) is 4.05. The van der Waals surface area contributed by atoms with Gasteiger partial charge in [0.1, 0.15) is 5.75 Å². The number of aromatic nitrogens is 2. The van der Waals surface area contributed by atoms with Crippen molar-refractivity contribution >= 4 is 11.7 Å². The molecule has 0 aliphatic rings. The molecule has 1 heterocycles. The molecule has 0 amide bonds. The van der Waals surface area contributed by atoms with Crippen molar-refractivity contribution in [3.63, 3.8) is 0 Å². The van der Waals surface area contributed by atoms with E-state index in [0.29, 0.717) is 11.8 Å². The summed E-state index contributed by atoms with van der Waals surface area (Å²) in [5, 5.41) is 7.09. The van der Waals surface area contributed by atoms with Gasteiger partial charge in [-0.25, -0.2) is 0 Å². The average molecular weight is 295 g/mol. The standard InChI is InChI=1S/C17H17N3O2/c1-3-12-4-8-14(9-5-12)18-17-19-16(20-22-17)13-6-10-15(21-2)11-7-13/h4-11H,3H2,1-2H3,(H,18,19,20). The minimum absolute atomic E-state index is 0.370. The first kappa shape index (κ1) is 14.1. The number of rotatable bonds is 5. The van der Waals surface area contributed by atoms with Crippen LogP contribution in [0.4, 0.5) is 11.7 Å². The van der Waals surface area contributed by atoms with Gasteiger partial charge in [0.25, 0.3) is 0 Å². The maximum atomic E-state index is 5.23. The zero-order valence-electron chi connectivity index (χ0n) is 12.5. The molecule has 0 bridgehead atoms. The lowest BCUT2D eigenvalue weighted by atomic mass is 10.1. The van der Waals surface area contributed by atoms with E-state index in [-0.39, 0.29) is 0 Å². The molecule has 0 atom stereocenters. The lowest BCUT2D eigenvalue weighted by Crippen LogP contribution is -1.91. The number of nitrogens with zero attached hydrogens (tertiary/aromatic N) is 2. The quantitative estimate of drug-likeness (QED) is 0.769. The van der Waals surface area contributed by atoms with Gasteiger partial charge in [-0.2, -0.15) is 4.98 Å². The molecule has 3 aromatic rings. The Morgan fingerprint density at radius 1 is 1.05 bits per heavy atom. The van der Waals surface area contributed by atoms with E-state index < -0.39 is 0 Å². The van der Waals surface area contributed by atoms with Crippen LogP contribution in [0.25, 0.3) is 11.4 Å². The fourth-order valence-corrected chi connectivity index (χ4v) is 2.08. The van der Waals surface area contributed by atoms with Gasteiger partial charge < -0.3 is 14.6 Å². The molecular weight excluding hydrogens is 278 g/mol. The predicted molar refractivity (Wildman–Crippen MR) is 85.4 cm³/mol. The number of methoxy groups -OCH3 is 1. The number of aryl methyl sites for hydroxylation is 1. The normalized spacial score (nSPS) is 10.5. The second kappa shape index (κ2) is 6.30. The molecule has 0 spiro atoms. The van der Waals surface area contributed by atoms with Crippen LogP contribution in [0.15, 0.2) is 53.1 Å². The maximum absolute atomic E-state index is 5.23. The number of nitrogens with one attached hydrogen (secondary N) is 1. The van der Waals surface area contributed by atoms with E-state index in [0.717, 1.165) is 23.4 Å². The zero-order chi connectivity index (χ0) is 15.4. The van der Waals surface area contributed by atoms with Crippen LogP contribution in [0.3, 0.4) is 0 Å². The van der Waals surface area contributed by atoms with Gasteiger partial charge in [0.2, 0.25) is 5.82 Å². The summed E-state index contributed by atoms with van der Waals surface area (Å²) in [6, 6.07) is 16.0. The summed E-state index contributed by atoms with van der Waals surface area (Å²) in [4.78, 5) is 4.34. The summed E-state index contributed by atoms with van der Waals surface area (Å²) in [5.41, 5.74) is 3.08. The molecule has 22 heavy (non-hydrogen) atoms. The number of benzene rings is 2. The van der Waals surface area contributed by atoms with Crippen molar-refractivity contribution in [3.05, 3.63) is 54.1 Å². The van der Waals surface area contributed by atoms with E-state index in [1.165, 1.54) is 5.56 Å². The van der Waals surface area contributed by atoms with Gasteiger partial charge in [0, 0.05) is 11.3 Å². The molecule has 1 N–H and O–H groups in total. The summed E-state index contributed by atoms with van der Waals surface area (Å²) in [6.07, 6.45) is 1.02. The smallest absolute Gasteiger partial charge is 0.326 e. The van der Waals surface area contributed by atoms with Crippen molar-refractivity contribution in [2.45, 2.75) is 13.3 Å². The van der Waals surface area contributed by atoms with Gasteiger partial charge in [0.15, 0.2) is 0 Å². The monoisotopic (exact) mass is 295 g/mol. The molecule has 0 radical (unpaired) electrons. The van der Waals surface area contributed by atoms with Crippen molar-refractivity contribution in [1.82, 2.24) is 10.1 Å². The fraction of sp³-hybridized carbons (Fsp3) is 0.176. The highest BCUT2D eigenvalue weighted by atomic mass is 16.5. The summed E-state index contributed by atoms with van der Waals surface area (Å²) < 4.78 is 10.4. The number of ether oxygens (including phenoxy) is 1. The maximum Gasteiger partial charge on any atom is 0.326 e. The third-order valence-electron chi connectivity index (χ3n) is 3.39. The van der Waals surface area contributed by atoms with Crippen LogP contribution in [-0.2, 0) is 6.42 Å². The molecular formula is C17H17N3O2. The number of anilines is 2. The van der Waals surface area contributed by atoms with Gasteiger partial charge in [-0.3, -0.25) is 0 Å². The third kappa shape index (κ3) is 3.09. The molecule has 0 saturated heterocycles. The Bertz CT molecular complexity index is 733. The summed E-state index contributed by atoms with van der Waals surface area (Å²) in [6.45, 7) is 2.13. The minimum atomic E-state index is 0.370. The lowest BCUT2D eigenvalue weighted by molar-refractivity contribution is 0.415. The first-order valence-electron chi connectivity index (χ1n) is 7.12. The Balaban J connectivity index is 1.74. The molecule has 2 aromatic carbocycles. The third-order valence-corrected chi connectivity index (χ3v) is 3.39. The molecule has 0 fully saturated rings. The van der Waals surface area contributed by atoms with Crippen molar-refractivity contribution < 1.29 is 9.26 Å². The van der Waals surface area contributed by atoms with E-state index in [4.69, 9.17) is 9.26 Å². The summed E-state index contributed by atoms with van der Waals surface area (Å²) >= 11 is 0. The second-order valence-electron chi connectivity index (χ2n) is 4.83. The van der Waals surface area contributed by atoms with Crippen LogP contribution >= 0.6 is 0 Å². The highest BCUT2D eigenvalue weighted by Gasteiger charge is 2.08. The van der Waals surface area contributed by atoms with Crippen LogP contribution < -0.4 is 10.1 Å². The summed E-state index contributed by atoms with van der Waals surface area (Å²) in [7, 11) is 1.63. The largest absolute Gasteiger partial charge is 0.497 e. The first-order chi connectivity index (χ1) is 10.8. The minimum Gasteiger partial charge on any atom is -0.497 e. The Hall–Kier alpha value is -2.82. The lowest BCUT2D eigenvalue weighted by Gasteiger charge is -2.01. The molecule has 5 nitrogen and oxygen atoms in total. The molecule has 0 saturated carbocycles. The van der Waals surface area contributed by atoms with E-state index >= 15 is 0 Å². The second-order valence-corrected chi connectivity index (χ2v) is 4.83. The van der Waals surface area contributed by atoms with Crippen LogP contribution in [0.2, 0.25) is 0 Å². The van der Waals surface area contributed by atoms with Crippen molar-refractivity contribution in [2.24, 2.45) is 0 Å². The fourth-order valence-electron chi connectivity index (χ4n) is 2.08. The van der Waals surface area contributed by atoms with Gasteiger partial charge >= 0.3 is 6.01 Å².